The third-order valence-electron chi connectivity index (χ3n) is 4.07. The molecule has 0 fully saturated rings. The molecule has 1 unspecified atom stereocenters. The van der Waals surface area contributed by atoms with Gasteiger partial charge in [0.25, 0.3) is 0 Å². The topological polar surface area (TPSA) is 38.0 Å². The van der Waals surface area contributed by atoms with E-state index in [0.717, 1.165) is 13.1 Å². The highest BCUT2D eigenvalue weighted by Crippen LogP contribution is 2.25. The number of rotatable bonds is 6. The van der Waals surface area contributed by atoms with E-state index in [1.165, 1.54) is 5.56 Å². The molecule has 18 heavy (non-hydrogen) atoms. The van der Waals surface area contributed by atoms with E-state index < -0.39 is 0 Å². The molecule has 0 aliphatic rings. The van der Waals surface area contributed by atoms with Crippen molar-refractivity contribution in [1.29, 1.82) is 0 Å². The van der Waals surface area contributed by atoms with Gasteiger partial charge in [0.05, 0.1) is 5.54 Å². The monoisotopic (exact) mass is 248 g/mol. The Kier molecular flexibility index (Phi) is 4.94. The van der Waals surface area contributed by atoms with Gasteiger partial charge in [-0.3, -0.25) is 0 Å². The van der Waals surface area contributed by atoms with Gasteiger partial charge in [0.15, 0.2) is 0 Å². The highest BCUT2D eigenvalue weighted by atomic mass is 14.9. The van der Waals surface area contributed by atoms with Crippen molar-refractivity contribution in [1.82, 2.24) is 5.32 Å². The van der Waals surface area contributed by atoms with E-state index >= 15 is 0 Å². The fourth-order valence-electron chi connectivity index (χ4n) is 1.77. The molecule has 0 aromatic heterocycles. The Hall–Kier alpha value is -0.860. The van der Waals surface area contributed by atoms with Crippen LogP contribution in [0, 0.1) is 11.3 Å². The lowest BCUT2D eigenvalue weighted by Crippen LogP contribution is -2.46. The maximum absolute atomic E-state index is 6.38. The molecule has 102 valence electrons. The van der Waals surface area contributed by atoms with Crippen LogP contribution in [-0.4, -0.2) is 13.1 Å². The van der Waals surface area contributed by atoms with E-state index in [0.29, 0.717) is 11.3 Å². The van der Waals surface area contributed by atoms with E-state index in [1.807, 2.05) is 18.2 Å². The molecule has 0 amide bonds. The summed E-state index contributed by atoms with van der Waals surface area (Å²) in [6, 6.07) is 10.3. The zero-order chi connectivity index (χ0) is 13.8. The summed E-state index contributed by atoms with van der Waals surface area (Å²) in [5.41, 5.74) is 7.55. The zero-order valence-corrected chi connectivity index (χ0v) is 12.5. The third kappa shape index (κ3) is 4.11. The molecule has 0 heterocycles. The van der Waals surface area contributed by atoms with Crippen LogP contribution in [0.5, 0.6) is 0 Å². The van der Waals surface area contributed by atoms with Crippen molar-refractivity contribution in [2.24, 2.45) is 17.1 Å². The molecule has 2 nitrogen and oxygen atoms in total. The van der Waals surface area contributed by atoms with Crippen molar-refractivity contribution < 1.29 is 0 Å². The highest BCUT2D eigenvalue weighted by Gasteiger charge is 2.25. The second-order valence-corrected chi connectivity index (χ2v) is 6.53. The number of hydrogen-bond donors (Lipinski definition) is 2. The van der Waals surface area contributed by atoms with Crippen LogP contribution in [0.15, 0.2) is 30.3 Å². The van der Waals surface area contributed by atoms with E-state index in [1.54, 1.807) is 0 Å². The van der Waals surface area contributed by atoms with E-state index in [9.17, 15) is 0 Å². The molecule has 2 heteroatoms. The van der Waals surface area contributed by atoms with Crippen molar-refractivity contribution in [2.45, 2.75) is 40.2 Å². The van der Waals surface area contributed by atoms with Gasteiger partial charge in [-0.15, -0.1) is 0 Å². The lowest BCUT2D eigenvalue weighted by Gasteiger charge is -2.32. The molecule has 1 atom stereocenters. The van der Waals surface area contributed by atoms with Crippen LogP contribution in [0.25, 0.3) is 0 Å². The maximum Gasteiger partial charge on any atom is 0.0507 e. The number of hydrogen-bond acceptors (Lipinski definition) is 2. The summed E-state index contributed by atoms with van der Waals surface area (Å²) in [6.07, 6.45) is 0. The molecule has 0 bridgehead atoms. The lowest BCUT2D eigenvalue weighted by atomic mass is 9.81. The highest BCUT2D eigenvalue weighted by molar-refractivity contribution is 5.23. The van der Waals surface area contributed by atoms with Crippen LogP contribution < -0.4 is 11.1 Å². The third-order valence-corrected chi connectivity index (χ3v) is 4.07. The summed E-state index contributed by atoms with van der Waals surface area (Å²) in [5.74, 6) is 0.658. The van der Waals surface area contributed by atoms with Crippen molar-refractivity contribution in [3.05, 3.63) is 35.9 Å². The average Bonchev–Trinajstić information content (AvgIpc) is 2.29. The summed E-state index contributed by atoms with van der Waals surface area (Å²) in [7, 11) is 0. The van der Waals surface area contributed by atoms with Crippen molar-refractivity contribution >= 4 is 0 Å². The summed E-state index contributed by atoms with van der Waals surface area (Å²) >= 11 is 0. The van der Waals surface area contributed by atoms with Gasteiger partial charge < -0.3 is 11.1 Å². The first-order valence-corrected chi connectivity index (χ1v) is 6.81. The van der Waals surface area contributed by atoms with Gasteiger partial charge in [0.1, 0.15) is 0 Å². The summed E-state index contributed by atoms with van der Waals surface area (Å²) in [4.78, 5) is 0. The minimum atomic E-state index is -0.311. The first kappa shape index (κ1) is 15.2. The summed E-state index contributed by atoms with van der Waals surface area (Å²) < 4.78 is 0. The van der Waals surface area contributed by atoms with Gasteiger partial charge in [-0.2, -0.15) is 0 Å². The second-order valence-electron chi connectivity index (χ2n) is 6.53. The minimum absolute atomic E-state index is 0.298. The molecule has 0 saturated heterocycles. The number of nitrogens with two attached hydrogens (primary N) is 1. The first-order valence-electron chi connectivity index (χ1n) is 6.81. The SMILES string of the molecule is CC(C)C(C)(C)CNCC(C)(N)c1ccccc1. The molecule has 1 aromatic carbocycles. The molecule has 0 aliphatic carbocycles. The van der Waals surface area contributed by atoms with Crippen LogP contribution >= 0.6 is 0 Å². The molecule has 0 spiro atoms. The number of benzene rings is 1. The van der Waals surface area contributed by atoms with Gasteiger partial charge in [0.2, 0.25) is 0 Å². The fraction of sp³-hybridized carbons (Fsp3) is 0.625. The van der Waals surface area contributed by atoms with E-state index in [-0.39, 0.29) is 5.54 Å². The van der Waals surface area contributed by atoms with Crippen LogP contribution in [0.4, 0.5) is 0 Å². The minimum Gasteiger partial charge on any atom is -0.321 e. The molecular weight excluding hydrogens is 220 g/mol. The molecule has 1 aromatic rings. The van der Waals surface area contributed by atoms with Crippen molar-refractivity contribution in [3.8, 4) is 0 Å². The Balaban J connectivity index is 2.53. The second kappa shape index (κ2) is 5.85. The average molecular weight is 248 g/mol. The molecule has 1 rings (SSSR count). The van der Waals surface area contributed by atoms with E-state index in [4.69, 9.17) is 5.73 Å². The Morgan fingerprint density at radius 3 is 2.11 bits per heavy atom. The molecule has 0 aliphatic heterocycles. The Bertz CT molecular complexity index is 353. The Labute approximate surface area is 112 Å². The van der Waals surface area contributed by atoms with Crippen LogP contribution in [0.3, 0.4) is 0 Å². The quantitative estimate of drug-likeness (QED) is 0.811. The largest absolute Gasteiger partial charge is 0.321 e. The van der Waals surface area contributed by atoms with Crippen LogP contribution in [0.2, 0.25) is 0 Å². The molecule has 0 saturated carbocycles. The van der Waals surface area contributed by atoms with Gasteiger partial charge >= 0.3 is 0 Å². The maximum atomic E-state index is 6.38. The predicted octanol–water partition coefficient (Wildman–Crippen LogP) is 3.13. The van der Waals surface area contributed by atoms with Gasteiger partial charge in [-0.05, 0) is 23.8 Å². The zero-order valence-electron chi connectivity index (χ0n) is 12.5. The summed E-state index contributed by atoms with van der Waals surface area (Å²) in [5, 5.41) is 3.52. The fourth-order valence-corrected chi connectivity index (χ4v) is 1.77. The standard InChI is InChI=1S/C16H28N2/c1-13(2)15(3,4)11-18-12-16(5,17)14-9-7-6-8-10-14/h6-10,13,18H,11-12,17H2,1-5H3. The molecule has 3 N–H and O–H groups in total. The van der Waals surface area contributed by atoms with Gasteiger partial charge in [-0.1, -0.05) is 58.0 Å². The van der Waals surface area contributed by atoms with Gasteiger partial charge in [0, 0.05) is 13.1 Å². The summed E-state index contributed by atoms with van der Waals surface area (Å²) in [6.45, 7) is 13.0. The predicted molar refractivity (Wildman–Crippen MR) is 79.5 cm³/mol. The van der Waals surface area contributed by atoms with Crippen LogP contribution in [0.1, 0.15) is 40.2 Å². The smallest absolute Gasteiger partial charge is 0.0507 e. The Morgan fingerprint density at radius 2 is 1.61 bits per heavy atom. The number of nitrogens with one attached hydrogen (secondary N) is 1. The van der Waals surface area contributed by atoms with Crippen LogP contribution in [-0.2, 0) is 5.54 Å². The molecular formula is C16H28N2. The first-order chi connectivity index (χ1) is 8.26. The normalized spacial score (nSPS) is 15.7. The lowest BCUT2D eigenvalue weighted by molar-refractivity contribution is 0.231. The van der Waals surface area contributed by atoms with Crippen molar-refractivity contribution in [2.75, 3.05) is 13.1 Å². The van der Waals surface area contributed by atoms with Crippen molar-refractivity contribution in [3.63, 3.8) is 0 Å². The Morgan fingerprint density at radius 1 is 1.06 bits per heavy atom. The van der Waals surface area contributed by atoms with E-state index in [2.05, 4.69) is 52.1 Å². The van der Waals surface area contributed by atoms with Gasteiger partial charge in [-0.25, -0.2) is 0 Å². The molecule has 0 radical (unpaired) electrons.